The van der Waals surface area contributed by atoms with E-state index in [0.717, 1.165) is 31.4 Å². The topological polar surface area (TPSA) is 81.2 Å². The number of halogens is 4. The van der Waals surface area contributed by atoms with Gasteiger partial charge in [0.05, 0.1) is 12.8 Å². The summed E-state index contributed by atoms with van der Waals surface area (Å²) < 4.78 is 56.4. The van der Waals surface area contributed by atoms with Gasteiger partial charge in [-0.1, -0.05) is 0 Å². The number of hydrogen-bond acceptors (Lipinski definition) is 4. The van der Waals surface area contributed by atoms with Crippen molar-refractivity contribution < 1.29 is 27.1 Å². The number of aromatic nitrogens is 2. The molecular weight excluding hydrogens is 324 g/mol. The quantitative estimate of drug-likeness (QED) is 0.513. The molecule has 10 heteroatoms. The molecule has 0 atom stereocenters. The monoisotopic (exact) mass is 332 g/mol. The Morgan fingerprint density at radius 2 is 1.74 bits per heavy atom. The van der Waals surface area contributed by atoms with Crippen molar-refractivity contribution in [1.29, 1.82) is 0 Å². The van der Waals surface area contributed by atoms with Gasteiger partial charge in [0.1, 0.15) is 11.4 Å². The zero-order valence-corrected chi connectivity index (χ0v) is 11.4. The third-order valence-electron chi connectivity index (χ3n) is 2.86. The highest BCUT2D eigenvalue weighted by Crippen LogP contribution is 2.29. The van der Waals surface area contributed by atoms with Crippen LogP contribution in [0.1, 0.15) is 16.1 Å². The lowest BCUT2D eigenvalue weighted by atomic mass is 10.2. The maximum Gasteiger partial charge on any atom is 0.433 e. The molecule has 6 nitrogen and oxygen atoms in total. The summed E-state index contributed by atoms with van der Waals surface area (Å²) in [4.78, 5) is 35.2. The first-order valence-electron chi connectivity index (χ1n) is 5.97. The minimum absolute atomic E-state index is 0.213. The first-order chi connectivity index (χ1) is 10.7. The highest BCUT2D eigenvalue weighted by atomic mass is 19.4. The number of nitrogens with one attached hydrogen (secondary N) is 1. The number of benzene rings is 1. The van der Waals surface area contributed by atoms with Crippen LogP contribution in [0.2, 0.25) is 0 Å². The summed E-state index contributed by atoms with van der Waals surface area (Å²) in [6.45, 7) is 0. The number of esters is 1. The Balaban J connectivity index is 2.85. The van der Waals surface area contributed by atoms with E-state index < -0.39 is 40.2 Å². The summed E-state index contributed by atoms with van der Waals surface area (Å²) in [5.74, 6) is -2.28. The Hall–Kier alpha value is -2.91. The fourth-order valence-corrected chi connectivity index (χ4v) is 1.81. The first kappa shape index (κ1) is 16.5. The molecule has 0 saturated heterocycles. The average molecular weight is 332 g/mol. The van der Waals surface area contributed by atoms with E-state index in [0.29, 0.717) is 0 Å². The van der Waals surface area contributed by atoms with Gasteiger partial charge in [-0.2, -0.15) is 13.2 Å². The standard InChI is InChI=1S/C13H8F4N2O4/c1-23-12(22)8-9(20)11(21)19(18-10(8)13(15,16)17)7-4-2-6(14)3-5-7/h2-5,18H,1H3. The van der Waals surface area contributed by atoms with Crippen molar-refractivity contribution in [3.8, 4) is 5.69 Å². The lowest BCUT2D eigenvalue weighted by Gasteiger charge is -2.14. The first-order valence-corrected chi connectivity index (χ1v) is 5.97. The molecule has 0 spiro atoms. The van der Waals surface area contributed by atoms with Gasteiger partial charge in [0, 0.05) is 0 Å². The molecule has 2 aromatic rings. The Morgan fingerprint density at radius 1 is 1.17 bits per heavy atom. The van der Waals surface area contributed by atoms with Gasteiger partial charge in [-0.3, -0.25) is 14.7 Å². The maximum absolute atomic E-state index is 13.1. The Bertz CT molecular complexity index is 866. The van der Waals surface area contributed by atoms with Crippen LogP contribution in [0.15, 0.2) is 33.9 Å². The molecule has 0 amide bonds. The zero-order valence-electron chi connectivity index (χ0n) is 11.4. The van der Waals surface area contributed by atoms with Gasteiger partial charge in [0.25, 0.3) is 5.43 Å². The van der Waals surface area contributed by atoms with Crippen LogP contribution in [-0.4, -0.2) is 22.9 Å². The molecule has 0 aliphatic rings. The Kier molecular flexibility index (Phi) is 4.08. The largest absolute Gasteiger partial charge is 0.465 e. The number of alkyl halides is 3. The van der Waals surface area contributed by atoms with Crippen molar-refractivity contribution in [3.05, 3.63) is 61.9 Å². The molecule has 0 fully saturated rings. The summed E-state index contributed by atoms with van der Waals surface area (Å²) in [6, 6.07) is 3.76. The van der Waals surface area contributed by atoms with Gasteiger partial charge in [0.15, 0.2) is 5.69 Å². The van der Waals surface area contributed by atoms with E-state index in [9.17, 15) is 31.9 Å². The zero-order chi connectivity index (χ0) is 17.4. The lowest BCUT2D eigenvalue weighted by molar-refractivity contribution is -0.142. The van der Waals surface area contributed by atoms with Crippen LogP contribution in [0.5, 0.6) is 0 Å². The molecule has 0 unspecified atom stereocenters. The van der Waals surface area contributed by atoms with Crippen molar-refractivity contribution in [2.75, 3.05) is 7.11 Å². The van der Waals surface area contributed by atoms with Crippen LogP contribution in [0.25, 0.3) is 5.69 Å². The maximum atomic E-state index is 13.1. The second-order valence-electron chi connectivity index (χ2n) is 4.30. The van der Waals surface area contributed by atoms with Gasteiger partial charge >= 0.3 is 17.7 Å². The molecular formula is C13H8F4N2O4. The summed E-state index contributed by atoms with van der Waals surface area (Å²) in [6.07, 6.45) is -5.13. The molecule has 0 saturated carbocycles. The average Bonchev–Trinajstić information content (AvgIpc) is 2.49. The number of carbonyl (C=O) groups excluding carboxylic acids is 1. The smallest absolute Gasteiger partial charge is 0.433 e. The van der Waals surface area contributed by atoms with Gasteiger partial charge in [0.2, 0.25) is 0 Å². The molecule has 1 aromatic carbocycles. The molecule has 1 heterocycles. The highest BCUT2D eigenvalue weighted by molar-refractivity contribution is 5.90. The molecule has 2 rings (SSSR count). The molecule has 1 N–H and O–H groups in total. The van der Waals surface area contributed by atoms with Crippen LogP contribution < -0.4 is 11.0 Å². The van der Waals surface area contributed by atoms with E-state index in [2.05, 4.69) is 4.74 Å². The van der Waals surface area contributed by atoms with Crippen LogP contribution >= 0.6 is 0 Å². The van der Waals surface area contributed by atoms with Crippen molar-refractivity contribution in [2.45, 2.75) is 6.18 Å². The second kappa shape index (κ2) is 5.71. The van der Waals surface area contributed by atoms with Gasteiger partial charge in [-0.15, -0.1) is 0 Å². The molecule has 0 radical (unpaired) electrons. The number of methoxy groups -OCH3 is 1. The van der Waals surface area contributed by atoms with E-state index in [1.807, 2.05) is 0 Å². The third kappa shape index (κ3) is 3.00. The molecule has 0 bridgehead atoms. The van der Waals surface area contributed by atoms with Crippen LogP contribution in [0, 0.1) is 5.82 Å². The molecule has 23 heavy (non-hydrogen) atoms. The van der Waals surface area contributed by atoms with E-state index >= 15 is 0 Å². The normalized spacial score (nSPS) is 11.3. The van der Waals surface area contributed by atoms with Crippen molar-refractivity contribution in [2.24, 2.45) is 0 Å². The van der Waals surface area contributed by atoms with Crippen LogP contribution in [0.3, 0.4) is 0 Å². The summed E-state index contributed by atoms with van der Waals surface area (Å²) in [7, 11) is 0.771. The Labute approximate surface area is 124 Å². The molecule has 122 valence electrons. The number of H-pyrrole nitrogens is 1. The van der Waals surface area contributed by atoms with Gasteiger partial charge < -0.3 is 4.74 Å². The van der Waals surface area contributed by atoms with Crippen molar-refractivity contribution >= 4 is 5.97 Å². The minimum Gasteiger partial charge on any atom is -0.465 e. The molecule has 0 aliphatic carbocycles. The molecule has 1 aromatic heterocycles. The highest BCUT2D eigenvalue weighted by Gasteiger charge is 2.40. The van der Waals surface area contributed by atoms with Crippen LogP contribution in [0.4, 0.5) is 17.6 Å². The summed E-state index contributed by atoms with van der Waals surface area (Å²) in [5.41, 5.74) is -6.52. The summed E-state index contributed by atoms with van der Waals surface area (Å²) >= 11 is 0. The van der Waals surface area contributed by atoms with Gasteiger partial charge in [-0.05, 0) is 24.3 Å². The van der Waals surface area contributed by atoms with Crippen molar-refractivity contribution in [1.82, 2.24) is 9.78 Å². The fourth-order valence-electron chi connectivity index (χ4n) is 1.81. The molecule has 0 aliphatic heterocycles. The SMILES string of the molecule is COC(=O)c1c(C(F)(F)F)[nH]n(-c2ccc(F)cc2)c(=O)c1=O. The Morgan fingerprint density at radius 3 is 2.22 bits per heavy atom. The van der Waals surface area contributed by atoms with Crippen molar-refractivity contribution in [3.63, 3.8) is 0 Å². The summed E-state index contributed by atoms with van der Waals surface area (Å²) in [5, 5.41) is 1.67. The van der Waals surface area contributed by atoms with Gasteiger partial charge in [-0.25, -0.2) is 13.9 Å². The fraction of sp³-hybridized carbons (Fsp3) is 0.154. The lowest BCUT2D eigenvalue weighted by Crippen LogP contribution is -2.42. The third-order valence-corrected chi connectivity index (χ3v) is 2.86. The number of carbonyl (C=O) groups is 1. The van der Waals surface area contributed by atoms with E-state index in [-0.39, 0.29) is 10.4 Å². The minimum atomic E-state index is -5.13. The van der Waals surface area contributed by atoms with E-state index in [1.54, 1.807) is 5.10 Å². The van der Waals surface area contributed by atoms with E-state index in [4.69, 9.17) is 0 Å². The predicted molar refractivity (Wildman–Crippen MR) is 69.0 cm³/mol. The number of hydrogen-bond donors (Lipinski definition) is 1. The number of aromatic amines is 1. The second-order valence-corrected chi connectivity index (χ2v) is 4.30. The number of nitrogens with zero attached hydrogens (tertiary/aromatic N) is 1. The number of ether oxygens (including phenoxy) is 1. The van der Waals surface area contributed by atoms with E-state index in [1.165, 1.54) is 0 Å². The number of rotatable bonds is 2. The van der Waals surface area contributed by atoms with Crippen LogP contribution in [-0.2, 0) is 10.9 Å². The predicted octanol–water partition coefficient (Wildman–Crippen LogP) is 1.47.